The molecule has 0 N–H and O–H groups in total. The number of nitro groups is 1. The van der Waals surface area contributed by atoms with Crippen LogP contribution in [0.2, 0.25) is 0 Å². The first-order chi connectivity index (χ1) is 5.80. The Bertz CT molecular complexity index is 352. The lowest BCUT2D eigenvalue weighted by molar-refractivity contribution is -0.380. The van der Waals surface area contributed by atoms with Crippen molar-refractivity contribution in [3.05, 3.63) is 27.6 Å². The summed E-state index contributed by atoms with van der Waals surface area (Å²) in [7, 11) is 4.81. The van der Waals surface area contributed by atoms with E-state index in [4.69, 9.17) is 8.42 Å². The summed E-state index contributed by atoms with van der Waals surface area (Å²) in [6.45, 7) is 0. The molecular weight excluding hydrogens is 261 g/mol. The molecule has 1 heterocycles. The Morgan fingerprint density at radius 2 is 1.92 bits per heavy atom. The lowest BCUT2D eigenvalue weighted by Crippen LogP contribution is -1.80. The van der Waals surface area contributed by atoms with Gasteiger partial charge in [0.2, 0.25) is 0 Å². The highest BCUT2D eigenvalue weighted by molar-refractivity contribution is 8.31. The van der Waals surface area contributed by atoms with Gasteiger partial charge in [0, 0.05) is 27.4 Å². The number of nitrogens with zero attached hydrogens (tertiary/aromatic N) is 1. The Labute approximate surface area is 87.0 Å². The van der Waals surface area contributed by atoms with Crippen molar-refractivity contribution >= 4 is 46.0 Å². The molecule has 5 nitrogen and oxygen atoms in total. The van der Waals surface area contributed by atoms with Crippen LogP contribution in [-0.4, -0.2) is 13.3 Å². The summed E-state index contributed by atoms with van der Waals surface area (Å²) in [5.41, 5.74) is 0. The summed E-state index contributed by atoms with van der Waals surface area (Å²) in [4.78, 5) is 9.48. The Balaban J connectivity index is 0.000000252. The standard InChI is InChI=1S/C4H3NO2S.Cl2O2S/c6-5(7)4-2-1-3-8-4;1-5(2,3)4/h1-3H;. The van der Waals surface area contributed by atoms with Crippen LogP contribution in [0.25, 0.3) is 0 Å². The topological polar surface area (TPSA) is 77.3 Å². The van der Waals surface area contributed by atoms with Crippen LogP contribution in [-0.2, 0) is 8.26 Å². The number of rotatable bonds is 1. The normalized spacial score (nSPS) is 10.0. The van der Waals surface area contributed by atoms with Gasteiger partial charge in [-0.1, -0.05) is 11.3 Å². The molecule has 0 atom stereocenters. The van der Waals surface area contributed by atoms with Crippen molar-refractivity contribution < 1.29 is 13.3 Å². The fourth-order valence-corrected chi connectivity index (χ4v) is 0.914. The Kier molecular flexibility index (Phi) is 5.23. The van der Waals surface area contributed by atoms with Crippen LogP contribution >= 0.6 is 32.7 Å². The van der Waals surface area contributed by atoms with E-state index < -0.39 is 13.2 Å². The fourth-order valence-electron chi connectivity index (χ4n) is 0.374. The van der Waals surface area contributed by atoms with Crippen LogP contribution in [0.15, 0.2) is 17.5 Å². The van der Waals surface area contributed by atoms with Gasteiger partial charge in [0.15, 0.2) is 0 Å². The third-order valence-corrected chi connectivity index (χ3v) is 1.51. The Morgan fingerprint density at radius 3 is 2.08 bits per heavy atom. The third-order valence-electron chi connectivity index (χ3n) is 0.686. The van der Waals surface area contributed by atoms with Gasteiger partial charge >= 0.3 is 13.3 Å². The molecule has 0 aliphatic carbocycles. The van der Waals surface area contributed by atoms with Crippen LogP contribution < -0.4 is 0 Å². The zero-order chi connectivity index (χ0) is 10.5. The molecule has 1 aromatic rings. The Hall–Kier alpha value is -0.370. The number of hydrogen-bond donors (Lipinski definition) is 0. The van der Waals surface area contributed by atoms with Crippen molar-refractivity contribution in [1.82, 2.24) is 0 Å². The molecule has 0 saturated heterocycles. The highest BCUT2D eigenvalue weighted by Gasteiger charge is 2.01. The quantitative estimate of drug-likeness (QED) is 0.443. The second-order valence-corrected chi connectivity index (χ2v) is 6.18. The molecule has 0 bridgehead atoms. The van der Waals surface area contributed by atoms with Crippen LogP contribution in [0.5, 0.6) is 0 Å². The van der Waals surface area contributed by atoms with E-state index in [2.05, 4.69) is 21.4 Å². The average molecular weight is 264 g/mol. The number of halogens is 2. The van der Waals surface area contributed by atoms with Crippen LogP contribution in [0.3, 0.4) is 0 Å². The molecule has 1 rings (SSSR count). The predicted octanol–water partition coefficient (Wildman–Crippen LogP) is 2.37. The predicted molar refractivity (Wildman–Crippen MR) is 51.6 cm³/mol. The van der Waals surface area contributed by atoms with Crippen molar-refractivity contribution in [3.63, 3.8) is 0 Å². The molecule has 0 fully saturated rings. The molecule has 74 valence electrons. The number of hydrogen-bond acceptors (Lipinski definition) is 5. The molecule has 0 spiro atoms. The molecule has 13 heavy (non-hydrogen) atoms. The molecule has 0 aromatic carbocycles. The van der Waals surface area contributed by atoms with E-state index in [-0.39, 0.29) is 5.00 Å². The second-order valence-electron chi connectivity index (χ2n) is 1.59. The van der Waals surface area contributed by atoms with Gasteiger partial charge < -0.3 is 0 Å². The average Bonchev–Trinajstić information content (AvgIpc) is 2.31. The maximum Gasteiger partial charge on any atom is 0.324 e. The molecule has 0 radical (unpaired) electrons. The van der Waals surface area contributed by atoms with E-state index in [0.29, 0.717) is 0 Å². The summed E-state index contributed by atoms with van der Waals surface area (Å²) in [5.74, 6) is 0. The molecule has 1 aromatic heterocycles. The second kappa shape index (κ2) is 5.38. The molecule has 0 unspecified atom stereocenters. The zero-order valence-electron chi connectivity index (χ0n) is 5.88. The van der Waals surface area contributed by atoms with Gasteiger partial charge in [-0.25, -0.2) is 0 Å². The van der Waals surface area contributed by atoms with E-state index in [9.17, 15) is 10.1 Å². The highest BCUT2D eigenvalue weighted by Crippen LogP contribution is 2.16. The van der Waals surface area contributed by atoms with Gasteiger partial charge in [-0.2, -0.15) is 8.42 Å². The summed E-state index contributed by atoms with van der Waals surface area (Å²) >= 11 is 1.13. The fraction of sp³-hybridized carbons (Fsp3) is 0. The van der Waals surface area contributed by atoms with Crippen molar-refractivity contribution in [3.8, 4) is 0 Å². The molecule has 0 amide bonds. The van der Waals surface area contributed by atoms with E-state index >= 15 is 0 Å². The van der Waals surface area contributed by atoms with E-state index in [0.717, 1.165) is 11.3 Å². The lowest BCUT2D eigenvalue weighted by Gasteiger charge is -1.76. The number of thiophene rings is 1. The van der Waals surface area contributed by atoms with Gasteiger partial charge in [0.25, 0.3) is 0 Å². The third kappa shape index (κ3) is 9.54. The van der Waals surface area contributed by atoms with E-state index in [1.54, 1.807) is 11.4 Å². The van der Waals surface area contributed by atoms with Crippen molar-refractivity contribution in [2.45, 2.75) is 0 Å². The molecule has 9 heteroatoms. The van der Waals surface area contributed by atoms with Gasteiger partial charge in [-0.3, -0.25) is 10.1 Å². The molecule has 0 saturated carbocycles. The van der Waals surface area contributed by atoms with Gasteiger partial charge in [0.05, 0.1) is 4.92 Å². The van der Waals surface area contributed by atoms with E-state index in [1.807, 2.05) is 0 Å². The van der Waals surface area contributed by atoms with Crippen molar-refractivity contribution in [2.24, 2.45) is 0 Å². The first-order valence-corrected chi connectivity index (χ1v) is 6.64. The maximum atomic E-state index is 9.88. The Morgan fingerprint density at radius 1 is 1.46 bits per heavy atom. The molecule has 0 aliphatic rings. The smallest absolute Gasteiger partial charge is 0.258 e. The zero-order valence-corrected chi connectivity index (χ0v) is 9.03. The first kappa shape index (κ1) is 12.6. The van der Waals surface area contributed by atoms with Crippen LogP contribution in [0.4, 0.5) is 5.00 Å². The van der Waals surface area contributed by atoms with Gasteiger partial charge in [0.1, 0.15) is 0 Å². The maximum absolute atomic E-state index is 9.88. The minimum atomic E-state index is -3.72. The van der Waals surface area contributed by atoms with Crippen LogP contribution in [0.1, 0.15) is 0 Å². The van der Waals surface area contributed by atoms with Crippen molar-refractivity contribution in [1.29, 1.82) is 0 Å². The minimum absolute atomic E-state index is 0.199. The summed E-state index contributed by atoms with van der Waals surface area (Å²) in [5, 5.41) is 11.8. The molecule has 0 aliphatic heterocycles. The molecular formula is C4H3Cl2NO4S2. The van der Waals surface area contributed by atoms with E-state index in [1.165, 1.54) is 6.07 Å². The SMILES string of the molecule is O=S(=O)(Cl)Cl.O=[N+]([O-])c1cccs1. The lowest BCUT2D eigenvalue weighted by atomic mass is 10.6. The summed E-state index contributed by atoms with van der Waals surface area (Å²) in [6.07, 6.45) is 0. The highest BCUT2D eigenvalue weighted by atomic mass is 36.0. The van der Waals surface area contributed by atoms with Crippen molar-refractivity contribution in [2.75, 3.05) is 0 Å². The minimum Gasteiger partial charge on any atom is -0.258 e. The van der Waals surface area contributed by atoms with Gasteiger partial charge in [-0.05, 0) is 11.4 Å². The summed E-state index contributed by atoms with van der Waals surface area (Å²) < 4.78 is 18.3. The largest absolute Gasteiger partial charge is 0.324 e. The monoisotopic (exact) mass is 263 g/mol. The first-order valence-electron chi connectivity index (χ1n) is 2.63. The summed E-state index contributed by atoms with van der Waals surface area (Å²) in [6, 6.07) is 3.13. The van der Waals surface area contributed by atoms with Gasteiger partial charge in [-0.15, -0.1) is 0 Å². The van der Waals surface area contributed by atoms with Crippen LogP contribution in [0, 0.1) is 10.1 Å².